The van der Waals surface area contributed by atoms with Crippen molar-refractivity contribution in [3.8, 4) is 0 Å². The Morgan fingerprint density at radius 2 is 2.10 bits per heavy atom. The van der Waals surface area contributed by atoms with E-state index >= 15 is 0 Å². The molecule has 2 aliphatic heterocycles. The molecule has 0 amide bonds. The predicted octanol–water partition coefficient (Wildman–Crippen LogP) is 0.818. The van der Waals surface area contributed by atoms with Crippen LogP contribution in [0.15, 0.2) is 0 Å². The summed E-state index contributed by atoms with van der Waals surface area (Å²) < 4.78 is 0. The van der Waals surface area contributed by atoms with Crippen LogP contribution < -0.4 is 5.32 Å². The maximum absolute atomic E-state index is 3.44. The van der Waals surface area contributed by atoms with Crippen molar-refractivity contribution in [2.24, 2.45) is 0 Å². The highest BCUT2D eigenvalue weighted by molar-refractivity contribution is 8.93. The zero-order chi connectivity index (χ0) is 5.56. The topological polar surface area (TPSA) is 15.3 Å². The Morgan fingerprint density at radius 1 is 1.40 bits per heavy atom. The van der Waals surface area contributed by atoms with Gasteiger partial charge in [0.15, 0.2) is 0 Å². The van der Waals surface area contributed by atoms with Gasteiger partial charge in [-0.1, -0.05) is 0 Å². The maximum Gasteiger partial charge on any atom is 0.0233 e. The van der Waals surface area contributed by atoms with Gasteiger partial charge in [-0.05, 0) is 13.5 Å². The van der Waals surface area contributed by atoms with Gasteiger partial charge in [0, 0.05) is 25.2 Å². The van der Waals surface area contributed by atoms with Crippen LogP contribution in [0, 0.1) is 0 Å². The van der Waals surface area contributed by atoms with E-state index in [0.29, 0.717) is 0 Å². The van der Waals surface area contributed by atoms with E-state index in [-0.39, 0.29) is 34.0 Å². The molecule has 4 heteroatoms. The number of fused-ring (bicyclic) bond motifs is 2. The second-order valence-corrected chi connectivity index (χ2v) is 2.93. The first kappa shape index (κ1) is 10.9. The summed E-state index contributed by atoms with van der Waals surface area (Å²) in [6, 6.07) is 1.69. The molecule has 0 saturated carbocycles. The van der Waals surface area contributed by atoms with Crippen molar-refractivity contribution in [2.75, 3.05) is 20.1 Å². The molecule has 0 aromatic heterocycles. The number of likely N-dealkylation sites (tertiary alicyclic amines) is 1. The van der Waals surface area contributed by atoms with Crippen LogP contribution in [0.4, 0.5) is 0 Å². The Kier molecular flexibility index (Phi) is 4.40. The second-order valence-electron chi connectivity index (χ2n) is 2.93. The lowest BCUT2D eigenvalue weighted by molar-refractivity contribution is 0.276. The minimum Gasteiger partial charge on any atom is -0.311 e. The Balaban J connectivity index is 0.000000405. The average Bonchev–Trinajstić information content (AvgIpc) is 2.23. The van der Waals surface area contributed by atoms with Gasteiger partial charge in [-0.15, -0.1) is 34.0 Å². The predicted molar refractivity (Wildman–Crippen MR) is 53.5 cm³/mol. The van der Waals surface area contributed by atoms with Gasteiger partial charge in [0.1, 0.15) is 0 Å². The molecular weight excluding hydrogens is 260 g/mol. The van der Waals surface area contributed by atoms with Crippen molar-refractivity contribution in [1.82, 2.24) is 10.2 Å². The Morgan fingerprint density at radius 3 is 2.30 bits per heavy atom. The third kappa shape index (κ3) is 1.72. The fourth-order valence-electron chi connectivity index (χ4n) is 1.77. The van der Waals surface area contributed by atoms with E-state index in [1.807, 2.05) is 0 Å². The summed E-state index contributed by atoms with van der Waals surface area (Å²) in [5, 5.41) is 3.44. The first-order valence-corrected chi connectivity index (χ1v) is 3.30. The molecule has 62 valence electrons. The SMILES string of the molecule is Br.Br.CN1CC2C[C@H]1CN2. The van der Waals surface area contributed by atoms with Gasteiger partial charge in [-0.25, -0.2) is 0 Å². The largest absolute Gasteiger partial charge is 0.311 e. The van der Waals surface area contributed by atoms with E-state index in [9.17, 15) is 0 Å². The second kappa shape index (κ2) is 4.04. The highest BCUT2D eigenvalue weighted by atomic mass is 79.9. The first-order valence-electron chi connectivity index (χ1n) is 3.30. The molecule has 0 aromatic rings. The summed E-state index contributed by atoms with van der Waals surface area (Å²) in [5.41, 5.74) is 0. The van der Waals surface area contributed by atoms with Crippen molar-refractivity contribution in [3.63, 3.8) is 0 Å². The maximum atomic E-state index is 3.44. The van der Waals surface area contributed by atoms with E-state index in [4.69, 9.17) is 0 Å². The lowest BCUT2D eigenvalue weighted by atomic mass is 10.2. The molecule has 1 unspecified atom stereocenters. The summed E-state index contributed by atoms with van der Waals surface area (Å²) >= 11 is 0. The van der Waals surface area contributed by atoms with E-state index in [2.05, 4.69) is 17.3 Å². The summed E-state index contributed by atoms with van der Waals surface area (Å²) in [7, 11) is 2.21. The fraction of sp³-hybridized carbons (Fsp3) is 1.00. The Bertz CT molecular complexity index is 108. The van der Waals surface area contributed by atoms with Gasteiger partial charge in [0.25, 0.3) is 0 Å². The normalized spacial score (nSPS) is 36.9. The van der Waals surface area contributed by atoms with Crippen LogP contribution in [0.2, 0.25) is 0 Å². The summed E-state index contributed by atoms with van der Waals surface area (Å²) in [6.07, 6.45) is 1.39. The number of rotatable bonds is 0. The lowest BCUT2D eigenvalue weighted by Gasteiger charge is -2.21. The molecule has 2 rings (SSSR count). The fourth-order valence-corrected chi connectivity index (χ4v) is 1.77. The van der Waals surface area contributed by atoms with Crippen molar-refractivity contribution >= 4 is 34.0 Å². The van der Waals surface area contributed by atoms with E-state index in [1.165, 1.54) is 19.5 Å². The third-order valence-corrected chi connectivity index (χ3v) is 2.33. The number of hydrogen-bond donors (Lipinski definition) is 1. The monoisotopic (exact) mass is 272 g/mol. The molecule has 2 aliphatic rings. The van der Waals surface area contributed by atoms with E-state index in [1.54, 1.807) is 0 Å². The number of hydrogen-bond acceptors (Lipinski definition) is 2. The molecule has 10 heavy (non-hydrogen) atoms. The molecule has 2 bridgehead atoms. The van der Waals surface area contributed by atoms with Crippen LogP contribution in [-0.4, -0.2) is 37.1 Å². The standard InChI is InChI=1S/C6H12N2.2BrH/c1-8-4-5-2-6(8)3-7-5;;/h5-7H,2-4H2,1H3;2*1H/t5?,6-;;/m0../s1. The van der Waals surface area contributed by atoms with E-state index < -0.39 is 0 Å². The van der Waals surface area contributed by atoms with Gasteiger partial charge < -0.3 is 10.2 Å². The molecular formula is C6H14Br2N2. The number of likely N-dealkylation sites (N-methyl/N-ethyl adjacent to an activating group) is 1. The highest BCUT2D eigenvalue weighted by Crippen LogP contribution is 2.20. The molecule has 0 radical (unpaired) electrons. The highest BCUT2D eigenvalue weighted by Gasteiger charge is 2.34. The van der Waals surface area contributed by atoms with Crippen LogP contribution in [0.25, 0.3) is 0 Å². The molecule has 2 saturated heterocycles. The van der Waals surface area contributed by atoms with Gasteiger partial charge in [0.05, 0.1) is 0 Å². The molecule has 0 aliphatic carbocycles. The molecule has 2 atom stereocenters. The summed E-state index contributed by atoms with van der Waals surface area (Å²) in [4.78, 5) is 2.45. The molecule has 2 nitrogen and oxygen atoms in total. The van der Waals surface area contributed by atoms with E-state index in [0.717, 1.165) is 12.1 Å². The smallest absolute Gasteiger partial charge is 0.0233 e. The van der Waals surface area contributed by atoms with Gasteiger partial charge >= 0.3 is 0 Å². The molecule has 0 aromatic carbocycles. The minimum atomic E-state index is 0. The van der Waals surface area contributed by atoms with Crippen molar-refractivity contribution in [3.05, 3.63) is 0 Å². The summed E-state index contributed by atoms with van der Waals surface area (Å²) in [5.74, 6) is 0. The van der Waals surface area contributed by atoms with Crippen LogP contribution in [0.5, 0.6) is 0 Å². The lowest BCUT2D eigenvalue weighted by Crippen LogP contribution is -2.41. The Labute approximate surface area is 82.9 Å². The molecule has 2 fully saturated rings. The number of nitrogens with one attached hydrogen (secondary N) is 1. The van der Waals surface area contributed by atoms with Gasteiger partial charge in [-0.3, -0.25) is 0 Å². The van der Waals surface area contributed by atoms with Crippen molar-refractivity contribution in [2.45, 2.75) is 18.5 Å². The van der Waals surface area contributed by atoms with Crippen LogP contribution in [0.1, 0.15) is 6.42 Å². The van der Waals surface area contributed by atoms with Crippen molar-refractivity contribution < 1.29 is 0 Å². The molecule has 1 N–H and O–H groups in total. The Hall–Kier alpha value is 0.880. The van der Waals surface area contributed by atoms with Crippen LogP contribution in [-0.2, 0) is 0 Å². The number of halogens is 2. The first-order chi connectivity index (χ1) is 3.86. The molecule has 2 heterocycles. The minimum absolute atomic E-state index is 0. The number of piperazine rings is 1. The quantitative estimate of drug-likeness (QED) is 0.703. The summed E-state index contributed by atoms with van der Waals surface area (Å²) in [6.45, 7) is 2.49. The van der Waals surface area contributed by atoms with Gasteiger partial charge in [-0.2, -0.15) is 0 Å². The zero-order valence-corrected chi connectivity index (χ0v) is 9.47. The van der Waals surface area contributed by atoms with Gasteiger partial charge in [0.2, 0.25) is 0 Å². The van der Waals surface area contributed by atoms with Crippen LogP contribution in [0.3, 0.4) is 0 Å². The number of nitrogens with zero attached hydrogens (tertiary/aromatic N) is 1. The average molecular weight is 274 g/mol. The van der Waals surface area contributed by atoms with Crippen molar-refractivity contribution in [1.29, 1.82) is 0 Å². The molecule has 0 spiro atoms. The third-order valence-electron chi connectivity index (χ3n) is 2.33. The zero-order valence-electron chi connectivity index (χ0n) is 6.04. The van der Waals surface area contributed by atoms with Crippen LogP contribution >= 0.6 is 34.0 Å².